The van der Waals surface area contributed by atoms with E-state index in [2.05, 4.69) is 10.3 Å². The molecule has 11 heteroatoms. The Hall–Kier alpha value is -4.12. The molecular formula is C25H21F3N4O4. The predicted octanol–water partition coefficient (Wildman–Crippen LogP) is 3.59. The molecule has 186 valence electrons. The molecule has 0 fully saturated rings. The highest BCUT2D eigenvalue weighted by Gasteiger charge is 2.42. The second-order valence-corrected chi connectivity index (χ2v) is 8.57. The number of carbonyl (C=O) groups is 2. The van der Waals surface area contributed by atoms with E-state index in [1.807, 2.05) is 30.3 Å². The van der Waals surface area contributed by atoms with Crippen molar-refractivity contribution in [1.82, 2.24) is 14.9 Å². The smallest absolute Gasteiger partial charge is 0.418 e. The topological polar surface area (TPSA) is 101 Å². The van der Waals surface area contributed by atoms with E-state index < -0.39 is 30.1 Å². The zero-order valence-electron chi connectivity index (χ0n) is 19.0. The van der Waals surface area contributed by atoms with Crippen LogP contribution in [0.5, 0.6) is 0 Å². The number of alkyl halides is 3. The molecule has 1 unspecified atom stereocenters. The summed E-state index contributed by atoms with van der Waals surface area (Å²) in [4.78, 5) is 31.3. The SMILES string of the molecule is CN1C(=O)[C@@H](NC(=O)c2ncc(Cc3ccccc3)o2)Cn2cc(C(O)C(F)(F)F)c3cccc1c32. The molecule has 0 saturated heterocycles. The second-order valence-electron chi connectivity index (χ2n) is 8.57. The molecule has 4 aromatic rings. The minimum atomic E-state index is -4.86. The zero-order valence-corrected chi connectivity index (χ0v) is 19.0. The van der Waals surface area contributed by atoms with Crippen molar-refractivity contribution < 1.29 is 32.3 Å². The van der Waals surface area contributed by atoms with Gasteiger partial charge >= 0.3 is 12.1 Å². The lowest BCUT2D eigenvalue weighted by molar-refractivity contribution is -0.206. The van der Waals surface area contributed by atoms with Gasteiger partial charge in [0.05, 0.1) is 23.9 Å². The van der Waals surface area contributed by atoms with Crippen molar-refractivity contribution in [2.45, 2.75) is 31.3 Å². The maximum Gasteiger partial charge on any atom is 0.418 e. The third-order valence-electron chi connectivity index (χ3n) is 6.16. The van der Waals surface area contributed by atoms with Crippen LogP contribution in [0, 0.1) is 0 Å². The summed E-state index contributed by atoms with van der Waals surface area (Å²) in [6.45, 7) is -0.148. The van der Waals surface area contributed by atoms with Crippen LogP contribution in [0.1, 0.15) is 33.7 Å². The number of amides is 2. The van der Waals surface area contributed by atoms with Crippen molar-refractivity contribution in [2.24, 2.45) is 0 Å². The summed E-state index contributed by atoms with van der Waals surface area (Å²) in [5.74, 6) is -0.968. The Bertz CT molecular complexity index is 1440. The van der Waals surface area contributed by atoms with Gasteiger partial charge in [0.15, 0.2) is 6.10 Å². The number of aliphatic hydroxyl groups is 1. The van der Waals surface area contributed by atoms with Gasteiger partial charge < -0.3 is 24.3 Å². The summed E-state index contributed by atoms with van der Waals surface area (Å²) in [7, 11) is 1.47. The van der Waals surface area contributed by atoms with Gasteiger partial charge in [0.25, 0.3) is 11.8 Å². The number of hydrogen-bond donors (Lipinski definition) is 2. The molecule has 2 amide bonds. The first-order valence-electron chi connectivity index (χ1n) is 11.1. The Kier molecular flexibility index (Phi) is 5.79. The van der Waals surface area contributed by atoms with Gasteiger partial charge in [-0.2, -0.15) is 13.2 Å². The lowest BCUT2D eigenvalue weighted by Crippen LogP contribution is -2.48. The molecule has 0 spiro atoms. The number of oxazole rings is 1. The molecule has 2 aromatic heterocycles. The molecule has 0 radical (unpaired) electrons. The van der Waals surface area contributed by atoms with Crippen molar-refractivity contribution in [3.63, 3.8) is 0 Å². The fraction of sp³-hybridized carbons (Fsp3) is 0.240. The Morgan fingerprint density at radius 1 is 1.22 bits per heavy atom. The molecule has 3 heterocycles. The molecule has 2 N–H and O–H groups in total. The first kappa shape index (κ1) is 23.6. The number of hydrogen-bond acceptors (Lipinski definition) is 5. The minimum Gasteiger partial charge on any atom is -0.437 e. The number of aliphatic hydroxyl groups excluding tert-OH is 1. The highest BCUT2D eigenvalue weighted by Crippen LogP contribution is 2.40. The molecule has 36 heavy (non-hydrogen) atoms. The van der Waals surface area contributed by atoms with Crippen LogP contribution in [0.15, 0.2) is 65.3 Å². The van der Waals surface area contributed by atoms with Crippen LogP contribution < -0.4 is 10.2 Å². The first-order chi connectivity index (χ1) is 17.1. The van der Waals surface area contributed by atoms with Crippen molar-refractivity contribution in [3.05, 3.63) is 83.7 Å². The summed E-state index contributed by atoms with van der Waals surface area (Å²) in [6, 6.07) is 12.9. The van der Waals surface area contributed by atoms with Gasteiger partial charge in [0.1, 0.15) is 11.8 Å². The highest BCUT2D eigenvalue weighted by atomic mass is 19.4. The monoisotopic (exact) mass is 498 g/mol. The van der Waals surface area contributed by atoms with E-state index in [0.717, 1.165) is 5.56 Å². The van der Waals surface area contributed by atoms with E-state index in [1.54, 1.807) is 6.07 Å². The maximum atomic E-state index is 13.3. The normalized spacial score (nSPS) is 16.8. The molecular weight excluding hydrogens is 477 g/mol. The molecule has 1 aliphatic rings. The van der Waals surface area contributed by atoms with Crippen LogP contribution >= 0.6 is 0 Å². The Morgan fingerprint density at radius 3 is 2.69 bits per heavy atom. The third-order valence-corrected chi connectivity index (χ3v) is 6.16. The standard InChI is InChI=1S/C25H21F3N4O4/c1-31-19-9-5-8-16-17(21(33)25(26,27)28)12-32(20(16)19)13-18(24(31)35)30-22(34)23-29-11-15(36-23)10-14-6-3-2-4-7-14/h2-9,11-12,18,21,33H,10,13H2,1H3,(H,30,34)/t18-,21?/m0/s1. The van der Waals surface area contributed by atoms with Crippen molar-refractivity contribution in [2.75, 3.05) is 11.9 Å². The number of para-hydroxylation sites is 1. The number of anilines is 1. The Morgan fingerprint density at radius 2 is 1.97 bits per heavy atom. The Balaban J connectivity index is 1.42. The van der Waals surface area contributed by atoms with E-state index >= 15 is 0 Å². The van der Waals surface area contributed by atoms with Crippen molar-refractivity contribution in [1.29, 1.82) is 0 Å². The third kappa shape index (κ3) is 4.22. The predicted molar refractivity (Wildman–Crippen MR) is 123 cm³/mol. The number of halogens is 3. The van der Waals surface area contributed by atoms with Crippen LogP contribution in [0.25, 0.3) is 10.9 Å². The number of nitrogens with one attached hydrogen (secondary N) is 1. The lowest BCUT2D eigenvalue weighted by Gasteiger charge is -2.21. The Labute approximate surface area is 202 Å². The molecule has 8 nitrogen and oxygen atoms in total. The van der Waals surface area contributed by atoms with Crippen LogP contribution in [0.4, 0.5) is 18.9 Å². The second kappa shape index (κ2) is 8.83. The van der Waals surface area contributed by atoms with E-state index in [4.69, 9.17) is 4.42 Å². The zero-order chi connectivity index (χ0) is 25.6. The number of rotatable bonds is 5. The van der Waals surface area contributed by atoms with Crippen LogP contribution in [0.2, 0.25) is 0 Å². The van der Waals surface area contributed by atoms with Crippen molar-refractivity contribution in [3.8, 4) is 0 Å². The lowest BCUT2D eigenvalue weighted by atomic mass is 10.1. The van der Waals surface area contributed by atoms with Gasteiger partial charge in [0.2, 0.25) is 0 Å². The van der Waals surface area contributed by atoms with Crippen LogP contribution in [-0.4, -0.2) is 45.7 Å². The summed E-state index contributed by atoms with van der Waals surface area (Å²) in [5, 5.41) is 12.7. The molecule has 0 saturated carbocycles. The van der Waals surface area contributed by atoms with Crippen molar-refractivity contribution >= 4 is 28.4 Å². The quantitative estimate of drug-likeness (QED) is 0.438. The molecule has 5 rings (SSSR count). The number of aromatic nitrogens is 2. The summed E-state index contributed by atoms with van der Waals surface area (Å²) >= 11 is 0. The van der Waals surface area contributed by atoms with Gasteiger partial charge in [0, 0.05) is 30.6 Å². The fourth-order valence-corrected chi connectivity index (χ4v) is 4.42. The molecule has 0 bridgehead atoms. The first-order valence-corrected chi connectivity index (χ1v) is 11.1. The summed E-state index contributed by atoms with van der Waals surface area (Å²) < 4.78 is 46.9. The van der Waals surface area contributed by atoms with Crippen LogP contribution in [0.3, 0.4) is 0 Å². The molecule has 2 atom stereocenters. The van der Waals surface area contributed by atoms with Gasteiger partial charge in [-0.25, -0.2) is 4.98 Å². The van der Waals surface area contributed by atoms with E-state index in [0.29, 0.717) is 23.4 Å². The van der Waals surface area contributed by atoms with Crippen LogP contribution in [-0.2, 0) is 17.8 Å². The average Bonchev–Trinajstić information content (AvgIpc) is 3.45. The van der Waals surface area contributed by atoms with E-state index in [9.17, 15) is 27.9 Å². The largest absolute Gasteiger partial charge is 0.437 e. The van der Waals surface area contributed by atoms with E-state index in [-0.39, 0.29) is 23.4 Å². The van der Waals surface area contributed by atoms with Gasteiger partial charge in [-0.1, -0.05) is 42.5 Å². The number of nitrogens with zero attached hydrogens (tertiary/aromatic N) is 3. The summed E-state index contributed by atoms with van der Waals surface area (Å²) in [6.07, 6.45) is -4.54. The number of carbonyl (C=O) groups excluding carboxylic acids is 2. The average molecular weight is 498 g/mol. The number of likely N-dealkylation sites (N-methyl/N-ethyl adjacent to an activating group) is 1. The molecule has 0 aliphatic carbocycles. The van der Waals surface area contributed by atoms with Gasteiger partial charge in [-0.15, -0.1) is 0 Å². The van der Waals surface area contributed by atoms with Gasteiger partial charge in [-0.3, -0.25) is 9.59 Å². The van der Waals surface area contributed by atoms with E-state index in [1.165, 1.54) is 41.0 Å². The highest BCUT2D eigenvalue weighted by molar-refractivity contribution is 6.07. The summed E-state index contributed by atoms with van der Waals surface area (Å²) in [5.41, 5.74) is 1.35. The fourth-order valence-electron chi connectivity index (χ4n) is 4.42. The minimum absolute atomic E-state index is 0.148. The maximum absolute atomic E-state index is 13.3. The molecule has 1 aliphatic heterocycles. The van der Waals surface area contributed by atoms with Gasteiger partial charge in [-0.05, 0) is 11.6 Å². The number of benzene rings is 2. The molecule has 2 aromatic carbocycles.